The van der Waals surface area contributed by atoms with Crippen molar-refractivity contribution in [3.63, 3.8) is 0 Å². The van der Waals surface area contributed by atoms with E-state index in [1.165, 1.54) is 19.3 Å². The summed E-state index contributed by atoms with van der Waals surface area (Å²) in [6.45, 7) is 8.81. The normalized spacial score (nSPS) is 24.4. The van der Waals surface area contributed by atoms with Crippen LogP contribution in [-0.2, 0) is 4.79 Å². The van der Waals surface area contributed by atoms with E-state index >= 15 is 0 Å². The molecule has 0 radical (unpaired) electrons. The average molecular weight is 284 g/mol. The third-order valence-electron chi connectivity index (χ3n) is 4.48. The molecule has 1 N–H and O–H groups in total. The molecular weight excluding hydrogens is 252 g/mol. The van der Waals surface area contributed by atoms with Gasteiger partial charge in [0.1, 0.15) is 0 Å². The van der Waals surface area contributed by atoms with Crippen LogP contribution in [0.1, 0.15) is 46.5 Å². The molecule has 0 saturated heterocycles. The number of aliphatic carboxylic acids is 1. The molecule has 4 nitrogen and oxygen atoms in total. The van der Waals surface area contributed by atoms with Crippen LogP contribution in [0.15, 0.2) is 0 Å². The SMILES string of the molecule is CN(C)CCN(CC(=O)O)C1CCCCC1C(C)(C)C. The first-order chi connectivity index (χ1) is 9.21. The Labute approximate surface area is 124 Å². The van der Waals surface area contributed by atoms with Gasteiger partial charge in [0.05, 0.1) is 6.54 Å². The largest absolute Gasteiger partial charge is 0.480 e. The van der Waals surface area contributed by atoms with E-state index in [0.717, 1.165) is 19.5 Å². The third kappa shape index (κ3) is 5.41. The monoisotopic (exact) mass is 284 g/mol. The summed E-state index contributed by atoms with van der Waals surface area (Å²) in [5, 5.41) is 9.21. The third-order valence-corrected chi connectivity index (χ3v) is 4.48. The highest BCUT2D eigenvalue weighted by atomic mass is 16.4. The molecule has 1 aliphatic carbocycles. The topological polar surface area (TPSA) is 43.8 Å². The Bertz CT molecular complexity index is 310. The van der Waals surface area contributed by atoms with E-state index in [1.807, 2.05) is 14.1 Å². The Morgan fingerprint density at radius 2 is 1.75 bits per heavy atom. The number of nitrogens with zero attached hydrogens (tertiary/aromatic N) is 2. The zero-order chi connectivity index (χ0) is 15.3. The molecule has 0 aromatic rings. The number of rotatable bonds is 6. The molecular formula is C16H32N2O2. The van der Waals surface area contributed by atoms with E-state index in [1.54, 1.807) is 0 Å². The summed E-state index contributed by atoms with van der Waals surface area (Å²) in [6, 6.07) is 0.416. The highest BCUT2D eigenvalue weighted by molar-refractivity contribution is 5.69. The number of carboxylic acids is 1. The molecule has 0 bridgehead atoms. The Morgan fingerprint density at radius 1 is 1.15 bits per heavy atom. The second-order valence-electron chi connectivity index (χ2n) is 7.49. The zero-order valence-electron chi connectivity index (χ0n) is 13.9. The summed E-state index contributed by atoms with van der Waals surface area (Å²) >= 11 is 0. The zero-order valence-corrected chi connectivity index (χ0v) is 13.9. The van der Waals surface area contributed by atoms with E-state index < -0.39 is 5.97 Å². The second-order valence-corrected chi connectivity index (χ2v) is 7.49. The van der Waals surface area contributed by atoms with Crippen LogP contribution in [0.4, 0.5) is 0 Å². The van der Waals surface area contributed by atoms with Crippen LogP contribution >= 0.6 is 0 Å². The van der Waals surface area contributed by atoms with E-state index in [-0.39, 0.29) is 12.0 Å². The van der Waals surface area contributed by atoms with Gasteiger partial charge >= 0.3 is 5.97 Å². The number of likely N-dealkylation sites (N-methyl/N-ethyl adjacent to an activating group) is 1. The molecule has 1 rings (SSSR count). The first-order valence-electron chi connectivity index (χ1n) is 7.82. The molecule has 0 aromatic heterocycles. The smallest absolute Gasteiger partial charge is 0.317 e. The van der Waals surface area contributed by atoms with Crippen molar-refractivity contribution in [3.05, 3.63) is 0 Å². The van der Waals surface area contributed by atoms with Gasteiger partial charge in [-0.05, 0) is 38.3 Å². The maximum Gasteiger partial charge on any atom is 0.317 e. The van der Waals surface area contributed by atoms with Gasteiger partial charge in [0.25, 0.3) is 0 Å². The molecule has 0 amide bonds. The summed E-state index contributed by atoms with van der Waals surface area (Å²) in [6.07, 6.45) is 4.89. The minimum absolute atomic E-state index is 0.172. The van der Waals surface area contributed by atoms with E-state index in [2.05, 4.69) is 30.6 Å². The first-order valence-corrected chi connectivity index (χ1v) is 7.82. The summed E-state index contributed by atoms with van der Waals surface area (Å²) in [7, 11) is 4.09. The van der Waals surface area contributed by atoms with Crippen LogP contribution in [-0.4, -0.2) is 60.6 Å². The summed E-state index contributed by atoms with van der Waals surface area (Å²) in [4.78, 5) is 15.5. The van der Waals surface area contributed by atoms with Crippen molar-refractivity contribution in [2.24, 2.45) is 11.3 Å². The molecule has 4 heteroatoms. The van der Waals surface area contributed by atoms with Crippen LogP contribution in [0.3, 0.4) is 0 Å². The minimum Gasteiger partial charge on any atom is -0.480 e. The highest BCUT2D eigenvalue weighted by Gasteiger charge is 2.37. The van der Waals surface area contributed by atoms with Gasteiger partial charge in [-0.3, -0.25) is 9.69 Å². The maximum absolute atomic E-state index is 11.2. The predicted octanol–water partition coefficient (Wildman–Crippen LogP) is 2.54. The van der Waals surface area contributed by atoms with Gasteiger partial charge in [-0.25, -0.2) is 0 Å². The minimum atomic E-state index is -0.706. The van der Waals surface area contributed by atoms with Gasteiger partial charge in [0.2, 0.25) is 0 Å². The van der Waals surface area contributed by atoms with E-state index in [9.17, 15) is 9.90 Å². The summed E-state index contributed by atoms with van der Waals surface area (Å²) < 4.78 is 0. The lowest BCUT2D eigenvalue weighted by Gasteiger charge is -2.45. The lowest BCUT2D eigenvalue weighted by Crippen LogP contribution is -2.50. The lowest BCUT2D eigenvalue weighted by atomic mass is 9.69. The van der Waals surface area contributed by atoms with Gasteiger partial charge in [-0.1, -0.05) is 33.6 Å². The Hall–Kier alpha value is -0.610. The van der Waals surface area contributed by atoms with E-state index in [4.69, 9.17) is 0 Å². The molecule has 2 unspecified atom stereocenters. The van der Waals surface area contributed by atoms with Crippen molar-refractivity contribution >= 4 is 5.97 Å². The molecule has 0 spiro atoms. The maximum atomic E-state index is 11.2. The van der Waals surface area contributed by atoms with Crippen LogP contribution in [0.25, 0.3) is 0 Å². The van der Waals surface area contributed by atoms with Gasteiger partial charge in [-0.15, -0.1) is 0 Å². The van der Waals surface area contributed by atoms with Crippen LogP contribution in [0.5, 0.6) is 0 Å². The van der Waals surface area contributed by atoms with Crippen LogP contribution in [0, 0.1) is 11.3 Å². The summed E-state index contributed by atoms with van der Waals surface area (Å²) in [5.74, 6) is -0.111. The predicted molar refractivity (Wildman–Crippen MR) is 83.0 cm³/mol. The van der Waals surface area contributed by atoms with Crippen molar-refractivity contribution in [3.8, 4) is 0 Å². The van der Waals surface area contributed by atoms with Crippen LogP contribution < -0.4 is 0 Å². The fourth-order valence-corrected chi connectivity index (χ4v) is 3.42. The molecule has 118 valence electrons. The molecule has 0 aliphatic heterocycles. The fourth-order valence-electron chi connectivity index (χ4n) is 3.42. The van der Waals surface area contributed by atoms with Gasteiger partial charge in [-0.2, -0.15) is 0 Å². The Kier molecular flexibility index (Phi) is 6.46. The second kappa shape index (κ2) is 7.41. The Morgan fingerprint density at radius 3 is 2.25 bits per heavy atom. The van der Waals surface area contributed by atoms with Gasteiger partial charge in [0.15, 0.2) is 0 Å². The number of hydrogen-bond donors (Lipinski definition) is 1. The Balaban J connectivity index is 2.81. The molecule has 1 saturated carbocycles. The molecule has 0 aromatic carbocycles. The molecule has 1 fully saturated rings. The quantitative estimate of drug-likeness (QED) is 0.814. The number of carbonyl (C=O) groups is 1. The van der Waals surface area contributed by atoms with Gasteiger partial charge in [0, 0.05) is 19.1 Å². The number of carboxylic acid groups (broad SMARTS) is 1. The standard InChI is InChI=1S/C16H32N2O2/c1-16(2,3)13-8-6-7-9-14(13)18(12-15(19)20)11-10-17(4)5/h13-14H,6-12H2,1-5H3,(H,19,20). The van der Waals surface area contributed by atoms with Crippen molar-refractivity contribution in [2.45, 2.75) is 52.5 Å². The molecule has 2 atom stereocenters. The summed E-state index contributed by atoms with van der Waals surface area (Å²) in [5.41, 5.74) is 0.250. The van der Waals surface area contributed by atoms with Crippen molar-refractivity contribution < 1.29 is 9.90 Å². The van der Waals surface area contributed by atoms with Crippen molar-refractivity contribution in [1.29, 1.82) is 0 Å². The molecule has 0 heterocycles. The van der Waals surface area contributed by atoms with Crippen LogP contribution in [0.2, 0.25) is 0 Å². The van der Waals surface area contributed by atoms with Crippen molar-refractivity contribution in [1.82, 2.24) is 9.80 Å². The molecule has 1 aliphatic rings. The van der Waals surface area contributed by atoms with E-state index in [0.29, 0.717) is 12.0 Å². The number of hydrogen-bond acceptors (Lipinski definition) is 3. The first kappa shape index (κ1) is 17.4. The highest BCUT2D eigenvalue weighted by Crippen LogP contribution is 2.40. The van der Waals surface area contributed by atoms with Crippen molar-refractivity contribution in [2.75, 3.05) is 33.7 Å². The average Bonchev–Trinajstić information content (AvgIpc) is 2.33. The fraction of sp³-hybridized carbons (Fsp3) is 0.938. The molecule has 20 heavy (non-hydrogen) atoms. The van der Waals surface area contributed by atoms with Gasteiger partial charge < -0.3 is 10.0 Å². The lowest BCUT2D eigenvalue weighted by molar-refractivity contribution is -0.140.